The van der Waals surface area contributed by atoms with Crippen molar-refractivity contribution in [1.29, 1.82) is 0 Å². The Kier molecular flexibility index (Phi) is 3.50. The maximum Gasteiger partial charge on any atom is 0.155 e. The lowest BCUT2D eigenvalue weighted by Gasteiger charge is -2.55. The molecule has 0 bridgehead atoms. The zero-order chi connectivity index (χ0) is 16.2. The van der Waals surface area contributed by atoms with Crippen LogP contribution in [-0.4, -0.2) is 16.5 Å². The molecule has 23 heavy (non-hydrogen) atoms. The summed E-state index contributed by atoms with van der Waals surface area (Å²) in [5, 5.41) is 11.1. The fourth-order valence-electron chi connectivity index (χ4n) is 6.96. The summed E-state index contributed by atoms with van der Waals surface area (Å²) >= 11 is 0. The minimum Gasteiger partial charge on any atom is -0.377 e. The van der Waals surface area contributed by atoms with Gasteiger partial charge in [-0.15, -0.1) is 6.42 Å². The SMILES string of the molecule is C#C[C@]1(O)CC[C@@H]2[C@H]3CCC4=CC(=O)CC[C@@H]4[C@H]3CC[C@@]21CC. The molecule has 2 nitrogen and oxygen atoms in total. The standard InChI is InChI=1S/C21H28O2/c1-3-20-11-9-17-16-8-6-15(22)13-14(16)5-7-18(17)19(20)10-12-21(20,23)4-2/h2,13,16-19,23H,3,5-12H2,1H3/t16-,17+,18-,19+,20-,21-/m0/s1. The molecule has 0 aromatic heterocycles. The second-order valence-electron chi connectivity index (χ2n) is 8.40. The number of carbonyl (C=O) groups excluding carboxylic acids is 1. The number of hydrogen-bond donors (Lipinski definition) is 1. The maximum atomic E-state index is 11.8. The van der Waals surface area contributed by atoms with Gasteiger partial charge in [-0.1, -0.05) is 18.4 Å². The number of terminal acetylenes is 1. The Morgan fingerprint density at radius 3 is 2.78 bits per heavy atom. The summed E-state index contributed by atoms with van der Waals surface area (Å²) in [6, 6.07) is 0. The van der Waals surface area contributed by atoms with Crippen LogP contribution in [0.2, 0.25) is 0 Å². The maximum absolute atomic E-state index is 11.8. The van der Waals surface area contributed by atoms with E-state index in [1.807, 2.05) is 6.08 Å². The first-order chi connectivity index (χ1) is 11.0. The monoisotopic (exact) mass is 312 g/mol. The zero-order valence-corrected chi connectivity index (χ0v) is 14.2. The van der Waals surface area contributed by atoms with Gasteiger partial charge in [0.2, 0.25) is 0 Å². The molecular formula is C21H28O2. The second-order valence-corrected chi connectivity index (χ2v) is 8.40. The Hall–Kier alpha value is -1.07. The number of hydrogen-bond acceptors (Lipinski definition) is 2. The van der Waals surface area contributed by atoms with E-state index in [-0.39, 0.29) is 5.41 Å². The summed E-state index contributed by atoms with van der Waals surface area (Å²) in [5.74, 6) is 5.73. The van der Waals surface area contributed by atoms with Gasteiger partial charge in [0.25, 0.3) is 0 Å². The van der Waals surface area contributed by atoms with Gasteiger partial charge in [0, 0.05) is 11.8 Å². The number of fused-ring (bicyclic) bond motifs is 5. The van der Waals surface area contributed by atoms with Crippen LogP contribution in [-0.2, 0) is 4.79 Å². The minimum atomic E-state index is -0.893. The number of carbonyl (C=O) groups is 1. The van der Waals surface area contributed by atoms with Gasteiger partial charge in [-0.25, -0.2) is 0 Å². The number of ketones is 1. The van der Waals surface area contributed by atoms with E-state index in [0.29, 0.717) is 29.5 Å². The Morgan fingerprint density at radius 1 is 1.22 bits per heavy atom. The van der Waals surface area contributed by atoms with Gasteiger partial charge in [-0.2, -0.15) is 0 Å². The van der Waals surface area contributed by atoms with Crippen molar-refractivity contribution >= 4 is 5.78 Å². The Morgan fingerprint density at radius 2 is 2.04 bits per heavy atom. The summed E-state index contributed by atoms with van der Waals surface area (Å²) in [6.07, 6.45) is 16.9. The van der Waals surface area contributed by atoms with Crippen LogP contribution in [0.4, 0.5) is 0 Å². The van der Waals surface area contributed by atoms with Crippen molar-refractivity contribution in [3.63, 3.8) is 0 Å². The van der Waals surface area contributed by atoms with E-state index in [9.17, 15) is 9.90 Å². The Bertz CT molecular complexity index is 597. The van der Waals surface area contributed by atoms with Gasteiger partial charge >= 0.3 is 0 Å². The van der Waals surface area contributed by atoms with Gasteiger partial charge < -0.3 is 5.11 Å². The largest absolute Gasteiger partial charge is 0.377 e. The number of allylic oxidation sites excluding steroid dienone is 1. The van der Waals surface area contributed by atoms with Crippen LogP contribution >= 0.6 is 0 Å². The van der Waals surface area contributed by atoms with Crippen molar-refractivity contribution < 1.29 is 9.90 Å². The molecule has 0 saturated heterocycles. The number of aliphatic hydroxyl groups is 1. The molecule has 3 fully saturated rings. The van der Waals surface area contributed by atoms with Crippen molar-refractivity contribution in [1.82, 2.24) is 0 Å². The van der Waals surface area contributed by atoms with Gasteiger partial charge in [0.05, 0.1) is 0 Å². The van der Waals surface area contributed by atoms with Crippen molar-refractivity contribution in [2.45, 2.75) is 70.3 Å². The normalized spacial score (nSPS) is 48.7. The highest BCUT2D eigenvalue weighted by Crippen LogP contribution is 2.66. The lowest BCUT2D eigenvalue weighted by atomic mass is 9.49. The van der Waals surface area contributed by atoms with Crippen molar-refractivity contribution in [3.05, 3.63) is 11.6 Å². The van der Waals surface area contributed by atoms with Gasteiger partial charge in [0.1, 0.15) is 5.60 Å². The first-order valence-corrected chi connectivity index (χ1v) is 9.48. The summed E-state index contributed by atoms with van der Waals surface area (Å²) in [7, 11) is 0. The van der Waals surface area contributed by atoms with Gasteiger partial charge in [-0.05, 0) is 81.1 Å². The predicted molar refractivity (Wildman–Crippen MR) is 90.5 cm³/mol. The first-order valence-electron chi connectivity index (χ1n) is 9.48. The number of rotatable bonds is 1. The van der Waals surface area contributed by atoms with Gasteiger partial charge in [-0.3, -0.25) is 4.79 Å². The molecule has 2 heteroatoms. The molecule has 0 amide bonds. The molecule has 0 aliphatic heterocycles. The van der Waals surface area contributed by atoms with E-state index in [4.69, 9.17) is 6.42 Å². The van der Waals surface area contributed by atoms with E-state index < -0.39 is 5.60 Å². The molecular weight excluding hydrogens is 284 g/mol. The molecule has 6 atom stereocenters. The van der Waals surface area contributed by atoms with E-state index in [0.717, 1.165) is 44.9 Å². The smallest absolute Gasteiger partial charge is 0.155 e. The van der Waals surface area contributed by atoms with Crippen molar-refractivity contribution in [2.75, 3.05) is 0 Å². The molecule has 0 unspecified atom stereocenters. The molecule has 1 N–H and O–H groups in total. The molecule has 0 aromatic carbocycles. The molecule has 4 aliphatic rings. The van der Waals surface area contributed by atoms with Crippen LogP contribution in [0.25, 0.3) is 0 Å². The lowest BCUT2D eigenvalue weighted by Crippen LogP contribution is -2.53. The molecule has 4 rings (SSSR count). The molecule has 0 spiro atoms. The third-order valence-corrected chi connectivity index (χ3v) is 8.02. The highest BCUT2D eigenvalue weighted by Gasteiger charge is 2.63. The summed E-state index contributed by atoms with van der Waals surface area (Å²) in [5.41, 5.74) is 0.474. The molecule has 3 saturated carbocycles. The molecule has 0 aromatic rings. The van der Waals surface area contributed by atoms with E-state index in [1.165, 1.54) is 18.4 Å². The van der Waals surface area contributed by atoms with Crippen LogP contribution in [0.5, 0.6) is 0 Å². The zero-order valence-electron chi connectivity index (χ0n) is 14.2. The highest BCUT2D eigenvalue weighted by atomic mass is 16.3. The Balaban J connectivity index is 1.67. The van der Waals surface area contributed by atoms with Crippen LogP contribution in [0.15, 0.2) is 11.6 Å². The average Bonchev–Trinajstić information content (AvgIpc) is 2.88. The average molecular weight is 312 g/mol. The fraction of sp³-hybridized carbons (Fsp3) is 0.762. The summed E-state index contributed by atoms with van der Waals surface area (Å²) in [4.78, 5) is 11.8. The molecule has 0 radical (unpaired) electrons. The van der Waals surface area contributed by atoms with Gasteiger partial charge in [0.15, 0.2) is 5.78 Å². The van der Waals surface area contributed by atoms with Crippen molar-refractivity contribution in [3.8, 4) is 12.3 Å². The van der Waals surface area contributed by atoms with E-state index in [2.05, 4.69) is 12.8 Å². The quantitative estimate of drug-likeness (QED) is 0.746. The second kappa shape index (κ2) is 5.21. The lowest BCUT2D eigenvalue weighted by molar-refractivity contribution is -0.117. The molecule has 124 valence electrons. The molecule has 0 heterocycles. The van der Waals surface area contributed by atoms with E-state index in [1.54, 1.807) is 0 Å². The first kappa shape index (κ1) is 15.5. The van der Waals surface area contributed by atoms with Crippen LogP contribution in [0.3, 0.4) is 0 Å². The summed E-state index contributed by atoms with van der Waals surface area (Å²) < 4.78 is 0. The minimum absolute atomic E-state index is 0.0609. The summed E-state index contributed by atoms with van der Waals surface area (Å²) in [6.45, 7) is 2.22. The van der Waals surface area contributed by atoms with Crippen LogP contribution < -0.4 is 0 Å². The molecule has 4 aliphatic carbocycles. The fourth-order valence-corrected chi connectivity index (χ4v) is 6.96. The predicted octanol–water partition coefficient (Wildman–Crippen LogP) is 3.88. The van der Waals surface area contributed by atoms with Crippen LogP contribution in [0.1, 0.15) is 64.7 Å². The van der Waals surface area contributed by atoms with E-state index >= 15 is 0 Å². The van der Waals surface area contributed by atoms with Crippen LogP contribution in [0, 0.1) is 41.4 Å². The topological polar surface area (TPSA) is 37.3 Å². The van der Waals surface area contributed by atoms with Crippen molar-refractivity contribution in [2.24, 2.45) is 29.1 Å². The third-order valence-electron chi connectivity index (χ3n) is 8.02. The highest BCUT2D eigenvalue weighted by molar-refractivity contribution is 5.91. The third kappa shape index (κ3) is 1.96. The Labute approximate surface area is 139 Å².